The molecule has 1 aromatic carbocycles. The second-order valence-corrected chi connectivity index (χ2v) is 3.87. The minimum absolute atomic E-state index is 0.0414. The number of carbonyl (C=O) groups excluding carboxylic acids is 2. The van der Waals surface area contributed by atoms with Crippen molar-refractivity contribution in [2.75, 3.05) is 12.4 Å². The number of cyclic esters (lactones) is 1. The molecule has 0 radical (unpaired) electrons. The SMILES string of the molecule is COC(C)=C1C(=O)OC(=CNc2ccccc2)C1=O. The Kier molecular flexibility index (Phi) is 3.66. The topological polar surface area (TPSA) is 64.6 Å². The molecule has 1 heterocycles. The van der Waals surface area contributed by atoms with Crippen molar-refractivity contribution in [3.63, 3.8) is 0 Å². The average molecular weight is 259 g/mol. The van der Waals surface area contributed by atoms with Crippen molar-refractivity contribution in [2.24, 2.45) is 0 Å². The Labute approximate surface area is 110 Å². The highest BCUT2D eigenvalue weighted by molar-refractivity contribution is 6.28. The largest absolute Gasteiger partial charge is 0.500 e. The Balaban J connectivity index is 2.20. The van der Waals surface area contributed by atoms with Crippen LogP contribution in [0.5, 0.6) is 0 Å². The van der Waals surface area contributed by atoms with Gasteiger partial charge in [0.25, 0.3) is 0 Å². The van der Waals surface area contributed by atoms with E-state index in [0.29, 0.717) is 0 Å². The summed E-state index contributed by atoms with van der Waals surface area (Å²) in [6.07, 6.45) is 1.37. The summed E-state index contributed by atoms with van der Waals surface area (Å²) < 4.78 is 9.80. The van der Waals surface area contributed by atoms with Gasteiger partial charge in [-0.2, -0.15) is 0 Å². The maximum atomic E-state index is 11.9. The van der Waals surface area contributed by atoms with E-state index < -0.39 is 11.8 Å². The van der Waals surface area contributed by atoms with Crippen LogP contribution >= 0.6 is 0 Å². The Morgan fingerprint density at radius 3 is 2.58 bits per heavy atom. The number of allylic oxidation sites excluding steroid dienone is 2. The van der Waals surface area contributed by atoms with Crippen LogP contribution in [0.1, 0.15) is 6.92 Å². The quantitative estimate of drug-likeness (QED) is 0.389. The van der Waals surface area contributed by atoms with Crippen molar-refractivity contribution in [1.82, 2.24) is 0 Å². The van der Waals surface area contributed by atoms with Gasteiger partial charge < -0.3 is 14.8 Å². The zero-order chi connectivity index (χ0) is 13.8. The predicted octanol–water partition coefficient (Wildman–Crippen LogP) is 1.99. The lowest BCUT2D eigenvalue weighted by molar-refractivity contribution is -0.132. The van der Waals surface area contributed by atoms with E-state index in [1.807, 2.05) is 30.3 Å². The van der Waals surface area contributed by atoms with E-state index in [2.05, 4.69) is 5.32 Å². The lowest BCUT2D eigenvalue weighted by Crippen LogP contribution is -2.05. The number of ether oxygens (including phenoxy) is 2. The molecule has 0 unspecified atom stereocenters. The molecule has 0 saturated carbocycles. The number of nitrogens with one attached hydrogen (secondary N) is 1. The molecule has 0 amide bonds. The molecule has 1 fully saturated rings. The van der Waals surface area contributed by atoms with E-state index in [1.165, 1.54) is 13.3 Å². The molecular formula is C14H13NO4. The normalized spacial score (nSPS) is 19.4. The van der Waals surface area contributed by atoms with Crippen LogP contribution in [0.25, 0.3) is 0 Å². The smallest absolute Gasteiger partial charge is 0.351 e. The third-order valence-corrected chi connectivity index (χ3v) is 2.66. The Hall–Kier alpha value is -2.56. The fourth-order valence-electron chi connectivity index (χ4n) is 1.60. The first-order valence-corrected chi connectivity index (χ1v) is 5.67. The zero-order valence-electron chi connectivity index (χ0n) is 10.6. The van der Waals surface area contributed by atoms with Gasteiger partial charge in [0.2, 0.25) is 5.78 Å². The van der Waals surface area contributed by atoms with Crippen molar-refractivity contribution in [2.45, 2.75) is 6.92 Å². The third kappa shape index (κ3) is 2.65. The summed E-state index contributed by atoms with van der Waals surface area (Å²) in [4.78, 5) is 23.5. The van der Waals surface area contributed by atoms with Gasteiger partial charge in [-0.25, -0.2) is 4.79 Å². The van der Waals surface area contributed by atoms with Crippen LogP contribution in [0.3, 0.4) is 0 Å². The van der Waals surface area contributed by atoms with Crippen molar-refractivity contribution in [1.29, 1.82) is 0 Å². The van der Waals surface area contributed by atoms with Crippen LogP contribution < -0.4 is 5.32 Å². The van der Waals surface area contributed by atoms with Gasteiger partial charge in [-0.1, -0.05) is 18.2 Å². The van der Waals surface area contributed by atoms with E-state index >= 15 is 0 Å². The van der Waals surface area contributed by atoms with E-state index in [9.17, 15) is 9.59 Å². The number of Topliss-reactive ketones (excluding diaryl/α,β-unsaturated/α-hetero) is 1. The predicted molar refractivity (Wildman–Crippen MR) is 69.0 cm³/mol. The minimum atomic E-state index is -0.689. The van der Waals surface area contributed by atoms with Crippen molar-refractivity contribution < 1.29 is 19.1 Å². The number of esters is 1. The Morgan fingerprint density at radius 1 is 1.26 bits per heavy atom. The standard InChI is InChI=1S/C14H13NO4/c1-9(18-2)12-13(16)11(19-14(12)17)8-15-10-6-4-3-5-7-10/h3-8,15H,1-2H3. The molecule has 0 bridgehead atoms. The molecule has 1 aromatic rings. The third-order valence-electron chi connectivity index (χ3n) is 2.66. The van der Waals surface area contributed by atoms with Gasteiger partial charge in [-0.3, -0.25) is 4.79 Å². The molecule has 5 nitrogen and oxygen atoms in total. The molecule has 0 aliphatic carbocycles. The number of carbonyl (C=O) groups is 2. The van der Waals surface area contributed by atoms with E-state index in [4.69, 9.17) is 9.47 Å². The second kappa shape index (κ2) is 5.39. The van der Waals surface area contributed by atoms with Gasteiger partial charge in [0, 0.05) is 11.9 Å². The first kappa shape index (κ1) is 12.9. The average Bonchev–Trinajstić information content (AvgIpc) is 2.71. The Morgan fingerprint density at radius 2 is 1.95 bits per heavy atom. The molecule has 0 atom stereocenters. The van der Waals surface area contributed by atoms with Gasteiger partial charge in [-0.15, -0.1) is 0 Å². The highest BCUT2D eigenvalue weighted by atomic mass is 16.6. The van der Waals surface area contributed by atoms with Crippen molar-refractivity contribution in [3.05, 3.63) is 53.6 Å². The number of ketones is 1. The number of hydrogen-bond donors (Lipinski definition) is 1. The lowest BCUT2D eigenvalue weighted by Gasteiger charge is -2.00. The van der Waals surface area contributed by atoms with Gasteiger partial charge in [0.15, 0.2) is 5.76 Å². The summed E-state index contributed by atoms with van der Waals surface area (Å²) in [5.74, 6) is -0.961. The number of anilines is 1. The molecule has 5 heteroatoms. The van der Waals surface area contributed by atoms with Crippen LogP contribution in [-0.4, -0.2) is 18.9 Å². The molecule has 98 valence electrons. The first-order chi connectivity index (χ1) is 9.13. The summed E-state index contributed by atoms with van der Waals surface area (Å²) in [6, 6.07) is 9.24. The molecule has 0 spiro atoms. The van der Waals surface area contributed by atoms with E-state index in [-0.39, 0.29) is 17.1 Å². The number of para-hydroxylation sites is 1. The monoisotopic (exact) mass is 259 g/mol. The van der Waals surface area contributed by atoms with Crippen molar-refractivity contribution in [3.8, 4) is 0 Å². The summed E-state index contributed by atoms with van der Waals surface area (Å²) in [6.45, 7) is 1.54. The fraction of sp³-hybridized carbons (Fsp3) is 0.143. The summed E-state index contributed by atoms with van der Waals surface area (Å²) in [7, 11) is 1.40. The molecule has 1 saturated heterocycles. The maximum Gasteiger partial charge on any atom is 0.351 e. The van der Waals surface area contributed by atoms with Crippen LogP contribution in [0.4, 0.5) is 5.69 Å². The molecule has 0 aromatic heterocycles. The minimum Gasteiger partial charge on any atom is -0.500 e. The summed E-state index contributed by atoms with van der Waals surface area (Å²) in [5, 5.41) is 2.89. The number of hydrogen-bond acceptors (Lipinski definition) is 5. The van der Waals surface area contributed by atoms with Gasteiger partial charge >= 0.3 is 5.97 Å². The fourth-order valence-corrected chi connectivity index (χ4v) is 1.60. The molecule has 1 aliphatic heterocycles. The van der Waals surface area contributed by atoms with Gasteiger partial charge in [-0.05, 0) is 19.1 Å². The van der Waals surface area contributed by atoms with Crippen LogP contribution in [0.15, 0.2) is 53.6 Å². The number of methoxy groups -OCH3 is 1. The zero-order valence-corrected chi connectivity index (χ0v) is 10.6. The Bertz CT molecular complexity index is 572. The highest BCUT2D eigenvalue weighted by Gasteiger charge is 2.36. The number of benzene rings is 1. The summed E-state index contributed by atoms with van der Waals surface area (Å²) >= 11 is 0. The van der Waals surface area contributed by atoms with E-state index in [0.717, 1.165) is 5.69 Å². The molecule has 1 N–H and O–H groups in total. The van der Waals surface area contributed by atoms with E-state index in [1.54, 1.807) is 6.92 Å². The first-order valence-electron chi connectivity index (χ1n) is 5.67. The molecule has 19 heavy (non-hydrogen) atoms. The van der Waals surface area contributed by atoms with Crippen molar-refractivity contribution >= 4 is 17.4 Å². The van der Waals surface area contributed by atoms with Crippen LogP contribution in [0, 0.1) is 0 Å². The lowest BCUT2D eigenvalue weighted by atomic mass is 10.1. The summed E-state index contributed by atoms with van der Waals surface area (Å²) in [5.41, 5.74) is 0.725. The highest BCUT2D eigenvalue weighted by Crippen LogP contribution is 2.23. The molecular weight excluding hydrogens is 246 g/mol. The van der Waals surface area contributed by atoms with Gasteiger partial charge in [0.05, 0.1) is 7.11 Å². The molecule has 2 rings (SSSR count). The molecule has 1 aliphatic rings. The van der Waals surface area contributed by atoms with Crippen LogP contribution in [0.2, 0.25) is 0 Å². The van der Waals surface area contributed by atoms with Gasteiger partial charge in [0.1, 0.15) is 11.3 Å². The number of rotatable bonds is 3. The van der Waals surface area contributed by atoms with Crippen LogP contribution in [-0.2, 0) is 19.1 Å². The second-order valence-electron chi connectivity index (χ2n) is 3.87. The maximum absolute atomic E-state index is 11.9.